The Morgan fingerprint density at radius 1 is 1.28 bits per heavy atom. The van der Waals surface area contributed by atoms with Crippen molar-refractivity contribution in [2.45, 2.75) is 25.5 Å². The lowest BCUT2D eigenvalue weighted by Crippen LogP contribution is -2.39. The fourth-order valence-corrected chi connectivity index (χ4v) is 3.25. The highest BCUT2D eigenvalue weighted by Gasteiger charge is 2.24. The Bertz CT molecular complexity index is 851. The van der Waals surface area contributed by atoms with Crippen LogP contribution in [-0.2, 0) is 16.1 Å². The summed E-state index contributed by atoms with van der Waals surface area (Å²) >= 11 is 0. The molecular weight excluding hydrogens is 376 g/mol. The molecule has 3 rings (SSSR count). The lowest BCUT2D eigenvalue weighted by Gasteiger charge is -2.26. The second-order valence-electron chi connectivity index (χ2n) is 6.76. The molecule has 0 bridgehead atoms. The van der Waals surface area contributed by atoms with E-state index in [4.69, 9.17) is 14.2 Å². The Kier molecular flexibility index (Phi) is 7.02. The minimum atomic E-state index is -0.500. The number of carbonyl (C=O) groups is 1. The lowest BCUT2D eigenvalue weighted by atomic mass is 10.1. The van der Waals surface area contributed by atoms with Gasteiger partial charge in [0.05, 0.1) is 24.2 Å². The number of hydrogen-bond acceptors (Lipinski definition) is 6. The monoisotopic (exact) mass is 400 g/mol. The van der Waals surface area contributed by atoms with E-state index in [2.05, 4.69) is 0 Å². The molecule has 1 aliphatic rings. The molecule has 0 aliphatic carbocycles. The average molecular weight is 400 g/mol. The predicted molar refractivity (Wildman–Crippen MR) is 106 cm³/mol. The molecule has 0 N–H and O–H groups in total. The quantitative estimate of drug-likeness (QED) is 0.474. The van der Waals surface area contributed by atoms with Crippen LogP contribution in [0.5, 0.6) is 11.5 Å². The predicted octanol–water partition coefficient (Wildman–Crippen LogP) is 3.19. The van der Waals surface area contributed by atoms with Crippen molar-refractivity contribution in [2.75, 3.05) is 26.9 Å². The maximum Gasteiger partial charge on any atom is 0.273 e. The largest absolute Gasteiger partial charge is 0.496 e. The number of rotatable bonds is 9. The first-order chi connectivity index (χ1) is 14.1. The van der Waals surface area contributed by atoms with Gasteiger partial charge in [-0.3, -0.25) is 14.9 Å². The van der Waals surface area contributed by atoms with E-state index >= 15 is 0 Å². The lowest BCUT2D eigenvalue weighted by molar-refractivity contribution is -0.384. The highest BCUT2D eigenvalue weighted by atomic mass is 16.6. The molecule has 29 heavy (non-hydrogen) atoms. The van der Waals surface area contributed by atoms with Gasteiger partial charge in [0.25, 0.3) is 11.6 Å². The maximum atomic E-state index is 12.9. The van der Waals surface area contributed by atoms with Gasteiger partial charge in [-0.1, -0.05) is 24.3 Å². The van der Waals surface area contributed by atoms with Gasteiger partial charge in [-0.15, -0.1) is 0 Å². The first kappa shape index (κ1) is 20.6. The standard InChI is InChI=1S/C21H24N2O6/c1-27-20-10-3-2-6-16(20)13-22(14-19-9-5-11-28-19)21(24)15-29-18-8-4-7-17(12-18)23(25)26/h2-4,6-8,10,12,19H,5,9,11,13-15H2,1H3. The smallest absolute Gasteiger partial charge is 0.273 e. The number of carbonyl (C=O) groups excluding carboxylic acids is 1. The molecule has 0 saturated carbocycles. The van der Waals surface area contributed by atoms with Crippen LogP contribution in [0.2, 0.25) is 0 Å². The van der Waals surface area contributed by atoms with Crippen molar-refractivity contribution < 1.29 is 23.9 Å². The van der Waals surface area contributed by atoms with Crippen molar-refractivity contribution in [1.82, 2.24) is 4.90 Å². The molecule has 1 amide bonds. The van der Waals surface area contributed by atoms with E-state index < -0.39 is 4.92 Å². The summed E-state index contributed by atoms with van der Waals surface area (Å²) < 4.78 is 16.6. The molecule has 0 radical (unpaired) electrons. The summed E-state index contributed by atoms with van der Waals surface area (Å²) in [6, 6.07) is 13.3. The van der Waals surface area contributed by atoms with E-state index in [9.17, 15) is 14.9 Å². The second kappa shape index (κ2) is 9.88. The number of methoxy groups -OCH3 is 1. The van der Waals surface area contributed by atoms with Crippen molar-refractivity contribution in [3.8, 4) is 11.5 Å². The Morgan fingerprint density at radius 2 is 2.10 bits per heavy atom. The Hall–Kier alpha value is -3.13. The molecule has 1 heterocycles. The molecule has 2 aromatic rings. The Labute approximate surface area is 169 Å². The van der Waals surface area contributed by atoms with E-state index in [-0.39, 0.29) is 30.1 Å². The van der Waals surface area contributed by atoms with E-state index in [1.54, 1.807) is 18.1 Å². The minimum absolute atomic E-state index is 0.00790. The molecule has 1 fully saturated rings. The van der Waals surface area contributed by atoms with Crippen LogP contribution in [0.1, 0.15) is 18.4 Å². The van der Waals surface area contributed by atoms with Crippen molar-refractivity contribution in [2.24, 2.45) is 0 Å². The van der Waals surface area contributed by atoms with Gasteiger partial charge in [-0.05, 0) is 25.0 Å². The molecule has 1 unspecified atom stereocenters. The number of ether oxygens (including phenoxy) is 3. The SMILES string of the molecule is COc1ccccc1CN(CC1CCCO1)C(=O)COc1cccc([N+](=O)[O-])c1. The molecule has 0 spiro atoms. The third kappa shape index (κ3) is 5.68. The zero-order valence-electron chi connectivity index (χ0n) is 16.3. The highest BCUT2D eigenvalue weighted by molar-refractivity contribution is 5.78. The van der Waals surface area contributed by atoms with Crippen LogP contribution in [0.4, 0.5) is 5.69 Å². The van der Waals surface area contributed by atoms with Gasteiger partial charge in [0, 0.05) is 31.3 Å². The van der Waals surface area contributed by atoms with Crippen LogP contribution >= 0.6 is 0 Å². The van der Waals surface area contributed by atoms with E-state index in [0.717, 1.165) is 18.4 Å². The Balaban J connectivity index is 1.69. The number of nitro benzene ring substituents is 1. The number of nitrogens with zero attached hydrogens (tertiary/aromatic N) is 2. The van der Waals surface area contributed by atoms with Crippen molar-refractivity contribution >= 4 is 11.6 Å². The van der Waals surface area contributed by atoms with Gasteiger partial charge < -0.3 is 19.1 Å². The first-order valence-corrected chi connectivity index (χ1v) is 9.45. The third-order valence-electron chi connectivity index (χ3n) is 4.75. The van der Waals surface area contributed by atoms with Gasteiger partial charge >= 0.3 is 0 Å². The number of nitro groups is 1. The number of amides is 1. The number of hydrogen-bond donors (Lipinski definition) is 0. The van der Waals surface area contributed by atoms with E-state index in [1.807, 2.05) is 24.3 Å². The van der Waals surface area contributed by atoms with Gasteiger partial charge in [0.1, 0.15) is 11.5 Å². The zero-order valence-corrected chi connectivity index (χ0v) is 16.3. The summed E-state index contributed by atoms with van der Waals surface area (Å²) in [7, 11) is 1.59. The molecule has 154 valence electrons. The highest BCUT2D eigenvalue weighted by Crippen LogP contribution is 2.22. The van der Waals surface area contributed by atoms with Crippen LogP contribution in [0, 0.1) is 10.1 Å². The number of benzene rings is 2. The summed E-state index contributed by atoms with van der Waals surface area (Å²) in [6.45, 7) is 1.30. The van der Waals surface area contributed by atoms with Crippen molar-refractivity contribution in [3.05, 3.63) is 64.2 Å². The van der Waals surface area contributed by atoms with Gasteiger partial charge in [0.2, 0.25) is 0 Å². The van der Waals surface area contributed by atoms with E-state index in [1.165, 1.54) is 18.2 Å². The molecule has 1 atom stereocenters. The maximum absolute atomic E-state index is 12.9. The average Bonchev–Trinajstić information content (AvgIpc) is 3.25. The van der Waals surface area contributed by atoms with Gasteiger partial charge in [-0.25, -0.2) is 0 Å². The summed E-state index contributed by atoms with van der Waals surface area (Å²) in [5, 5.41) is 10.9. The normalized spacial score (nSPS) is 15.7. The topological polar surface area (TPSA) is 91.1 Å². The molecule has 8 heteroatoms. The molecule has 8 nitrogen and oxygen atoms in total. The van der Waals surface area contributed by atoms with Crippen LogP contribution in [0.15, 0.2) is 48.5 Å². The third-order valence-corrected chi connectivity index (χ3v) is 4.75. The molecule has 2 aromatic carbocycles. The van der Waals surface area contributed by atoms with Crippen LogP contribution in [0.3, 0.4) is 0 Å². The molecule has 1 saturated heterocycles. The first-order valence-electron chi connectivity index (χ1n) is 9.45. The van der Waals surface area contributed by atoms with Crippen LogP contribution in [-0.4, -0.2) is 48.7 Å². The summed E-state index contributed by atoms with van der Waals surface area (Å²) in [6.07, 6.45) is 1.87. The fourth-order valence-electron chi connectivity index (χ4n) is 3.25. The Morgan fingerprint density at radius 3 is 2.83 bits per heavy atom. The number of para-hydroxylation sites is 1. The molecule has 0 aromatic heterocycles. The summed E-state index contributed by atoms with van der Waals surface area (Å²) in [5.74, 6) is 0.761. The van der Waals surface area contributed by atoms with Crippen LogP contribution in [0.25, 0.3) is 0 Å². The molecule has 1 aliphatic heterocycles. The second-order valence-corrected chi connectivity index (χ2v) is 6.76. The van der Waals surface area contributed by atoms with Gasteiger partial charge in [-0.2, -0.15) is 0 Å². The molecular formula is C21H24N2O6. The van der Waals surface area contributed by atoms with Crippen molar-refractivity contribution in [3.63, 3.8) is 0 Å². The zero-order chi connectivity index (χ0) is 20.6. The minimum Gasteiger partial charge on any atom is -0.496 e. The fraction of sp³-hybridized carbons (Fsp3) is 0.381. The van der Waals surface area contributed by atoms with Crippen molar-refractivity contribution in [1.29, 1.82) is 0 Å². The summed E-state index contributed by atoms with van der Waals surface area (Å²) in [5.41, 5.74) is 0.803. The van der Waals surface area contributed by atoms with Crippen LogP contribution < -0.4 is 9.47 Å². The van der Waals surface area contributed by atoms with E-state index in [0.29, 0.717) is 25.4 Å². The summed E-state index contributed by atoms with van der Waals surface area (Å²) in [4.78, 5) is 25.0. The van der Waals surface area contributed by atoms with Gasteiger partial charge in [0.15, 0.2) is 6.61 Å². The number of non-ortho nitro benzene ring substituents is 1.